The molecule has 0 radical (unpaired) electrons. The molecule has 19 heavy (non-hydrogen) atoms. The van der Waals surface area contributed by atoms with E-state index in [9.17, 15) is 4.79 Å². The van der Waals surface area contributed by atoms with E-state index in [1.165, 1.54) is 0 Å². The van der Waals surface area contributed by atoms with Gasteiger partial charge in [-0.1, -0.05) is 6.92 Å². The molecule has 0 spiro atoms. The molecule has 1 amide bonds. The Morgan fingerprint density at radius 1 is 1.16 bits per heavy atom. The summed E-state index contributed by atoms with van der Waals surface area (Å²) in [6.45, 7) is 3.25. The van der Waals surface area contributed by atoms with E-state index < -0.39 is 0 Å². The van der Waals surface area contributed by atoms with Crippen LogP contribution in [0.5, 0.6) is 11.5 Å². The van der Waals surface area contributed by atoms with Crippen molar-refractivity contribution in [3.05, 3.63) is 23.8 Å². The third-order valence-corrected chi connectivity index (χ3v) is 2.90. The molecule has 1 rings (SSSR count). The highest BCUT2D eigenvalue weighted by Crippen LogP contribution is 2.23. The zero-order chi connectivity index (χ0) is 14.3. The Labute approximate surface area is 119 Å². The third-order valence-electron chi connectivity index (χ3n) is 2.73. The van der Waals surface area contributed by atoms with Crippen molar-refractivity contribution in [2.75, 3.05) is 33.2 Å². The van der Waals surface area contributed by atoms with Crippen molar-refractivity contribution in [2.45, 2.75) is 13.3 Å². The van der Waals surface area contributed by atoms with Crippen molar-refractivity contribution in [3.8, 4) is 11.5 Å². The lowest BCUT2D eigenvalue weighted by Crippen LogP contribution is -2.33. The summed E-state index contributed by atoms with van der Waals surface area (Å²) in [5, 5.41) is 0. The number of carbonyl (C=O) groups excluding carboxylic acids is 1. The van der Waals surface area contributed by atoms with Gasteiger partial charge in [-0.2, -0.15) is 0 Å². The summed E-state index contributed by atoms with van der Waals surface area (Å²) in [6.07, 6.45) is 0.893. The smallest absolute Gasteiger partial charge is 0.254 e. The van der Waals surface area contributed by atoms with E-state index in [2.05, 4.69) is 0 Å². The minimum atomic E-state index is -0.0558. The minimum Gasteiger partial charge on any atom is -0.497 e. The summed E-state index contributed by atoms with van der Waals surface area (Å²) in [4.78, 5) is 14.2. The molecule has 0 bridgehead atoms. The number of ether oxygens (including phenoxy) is 2. The fourth-order valence-electron chi connectivity index (χ4n) is 1.80. The van der Waals surface area contributed by atoms with Gasteiger partial charge < -0.3 is 14.4 Å². The Kier molecular flexibility index (Phi) is 6.50. The molecule has 0 heterocycles. The van der Waals surface area contributed by atoms with Crippen molar-refractivity contribution in [2.24, 2.45) is 0 Å². The maximum absolute atomic E-state index is 12.4. The fourth-order valence-corrected chi connectivity index (χ4v) is 2.00. The van der Waals surface area contributed by atoms with E-state index >= 15 is 0 Å². The number of hydrogen-bond donors (Lipinski definition) is 0. The number of rotatable bonds is 7. The largest absolute Gasteiger partial charge is 0.497 e. The van der Waals surface area contributed by atoms with Gasteiger partial charge in [-0.3, -0.25) is 4.79 Å². The van der Waals surface area contributed by atoms with Crippen molar-refractivity contribution in [3.63, 3.8) is 0 Å². The SMILES string of the molecule is CCCN(CCCl)C(=O)c1cc(OC)cc(OC)c1. The van der Waals surface area contributed by atoms with Crippen LogP contribution < -0.4 is 9.47 Å². The van der Waals surface area contributed by atoms with Gasteiger partial charge in [0.1, 0.15) is 11.5 Å². The lowest BCUT2D eigenvalue weighted by molar-refractivity contribution is 0.0765. The van der Waals surface area contributed by atoms with Crippen LogP contribution in [0.25, 0.3) is 0 Å². The normalized spacial score (nSPS) is 10.1. The van der Waals surface area contributed by atoms with Crippen LogP contribution in [0, 0.1) is 0 Å². The Bertz CT molecular complexity index is 395. The molecule has 0 aliphatic carbocycles. The van der Waals surface area contributed by atoms with E-state index in [-0.39, 0.29) is 5.91 Å². The van der Waals surface area contributed by atoms with Gasteiger partial charge in [0.05, 0.1) is 14.2 Å². The first-order chi connectivity index (χ1) is 9.15. The molecule has 0 N–H and O–H groups in total. The summed E-state index contributed by atoms with van der Waals surface area (Å²) in [5.74, 6) is 1.57. The molecule has 1 aromatic carbocycles. The van der Waals surface area contributed by atoms with Crippen LogP contribution in [-0.4, -0.2) is 44.0 Å². The highest BCUT2D eigenvalue weighted by atomic mass is 35.5. The van der Waals surface area contributed by atoms with Crippen molar-refractivity contribution in [1.29, 1.82) is 0 Å². The highest BCUT2D eigenvalue weighted by molar-refractivity contribution is 6.18. The maximum Gasteiger partial charge on any atom is 0.254 e. The Morgan fingerprint density at radius 3 is 2.16 bits per heavy atom. The molecule has 106 valence electrons. The van der Waals surface area contributed by atoms with E-state index in [0.717, 1.165) is 6.42 Å². The molecular formula is C14H20ClNO3. The number of hydrogen-bond acceptors (Lipinski definition) is 3. The standard InChI is InChI=1S/C14H20ClNO3/c1-4-6-16(7-5-15)14(17)11-8-12(18-2)10-13(9-11)19-3/h8-10H,4-7H2,1-3H3. The van der Waals surface area contributed by atoms with Crippen LogP contribution in [-0.2, 0) is 0 Å². The van der Waals surface area contributed by atoms with Gasteiger partial charge in [-0.25, -0.2) is 0 Å². The summed E-state index contributed by atoms with van der Waals surface area (Å²) in [5.41, 5.74) is 0.551. The Hall–Kier alpha value is -1.42. The average molecular weight is 286 g/mol. The first kappa shape index (κ1) is 15.6. The molecule has 5 heteroatoms. The maximum atomic E-state index is 12.4. The molecule has 0 atom stereocenters. The molecular weight excluding hydrogens is 266 g/mol. The molecule has 0 aliphatic rings. The van der Waals surface area contributed by atoms with Crippen LogP contribution >= 0.6 is 11.6 Å². The summed E-state index contributed by atoms with van der Waals surface area (Å²) >= 11 is 5.74. The topological polar surface area (TPSA) is 38.8 Å². The highest BCUT2D eigenvalue weighted by Gasteiger charge is 2.16. The lowest BCUT2D eigenvalue weighted by atomic mass is 10.1. The van der Waals surface area contributed by atoms with Gasteiger partial charge in [0, 0.05) is 30.6 Å². The summed E-state index contributed by atoms with van der Waals surface area (Å²) in [7, 11) is 3.12. The third kappa shape index (κ3) is 4.31. The van der Waals surface area contributed by atoms with Gasteiger partial charge in [-0.05, 0) is 18.6 Å². The second kappa shape index (κ2) is 7.89. The Morgan fingerprint density at radius 2 is 1.74 bits per heavy atom. The van der Waals surface area contributed by atoms with E-state index in [0.29, 0.717) is 36.0 Å². The van der Waals surface area contributed by atoms with Gasteiger partial charge in [-0.15, -0.1) is 11.6 Å². The predicted molar refractivity (Wildman–Crippen MR) is 76.5 cm³/mol. The Balaban J connectivity index is 3.01. The number of methoxy groups -OCH3 is 2. The van der Waals surface area contributed by atoms with Crippen LogP contribution in [0.1, 0.15) is 23.7 Å². The number of alkyl halides is 1. The molecule has 0 aromatic heterocycles. The predicted octanol–water partition coefficient (Wildman–Crippen LogP) is 2.79. The second-order valence-electron chi connectivity index (χ2n) is 4.08. The van der Waals surface area contributed by atoms with Gasteiger partial charge in [0.25, 0.3) is 5.91 Å². The first-order valence-corrected chi connectivity index (χ1v) is 6.78. The minimum absolute atomic E-state index is 0.0558. The second-order valence-corrected chi connectivity index (χ2v) is 4.46. The van der Waals surface area contributed by atoms with Crippen LogP contribution in [0.4, 0.5) is 0 Å². The van der Waals surface area contributed by atoms with E-state index in [1.807, 2.05) is 6.92 Å². The zero-order valence-electron chi connectivity index (χ0n) is 11.6. The van der Waals surface area contributed by atoms with Gasteiger partial charge >= 0.3 is 0 Å². The van der Waals surface area contributed by atoms with Crippen molar-refractivity contribution < 1.29 is 14.3 Å². The monoisotopic (exact) mass is 285 g/mol. The van der Waals surface area contributed by atoms with Crippen LogP contribution in [0.2, 0.25) is 0 Å². The molecule has 0 aliphatic heterocycles. The number of halogens is 1. The molecule has 4 nitrogen and oxygen atoms in total. The zero-order valence-corrected chi connectivity index (χ0v) is 12.4. The first-order valence-electron chi connectivity index (χ1n) is 6.24. The molecule has 0 saturated carbocycles. The number of amides is 1. The van der Waals surface area contributed by atoms with Crippen LogP contribution in [0.15, 0.2) is 18.2 Å². The van der Waals surface area contributed by atoms with Gasteiger partial charge in [0.15, 0.2) is 0 Å². The summed E-state index contributed by atoms with van der Waals surface area (Å²) < 4.78 is 10.3. The van der Waals surface area contributed by atoms with E-state index in [4.69, 9.17) is 21.1 Å². The lowest BCUT2D eigenvalue weighted by Gasteiger charge is -2.21. The number of nitrogens with zero attached hydrogens (tertiary/aromatic N) is 1. The van der Waals surface area contributed by atoms with E-state index in [1.54, 1.807) is 37.3 Å². The molecule has 0 unspecified atom stereocenters. The number of benzene rings is 1. The number of carbonyl (C=O) groups is 1. The average Bonchev–Trinajstić information content (AvgIpc) is 2.45. The fraction of sp³-hybridized carbons (Fsp3) is 0.500. The van der Waals surface area contributed by atoms with Crippen molar-refractivity contribution in [1.82, 2.24) is 4.90 Å². The molecule has 0 fully saturated rings. The summed E-state index contributed by atoms with van der Waals surface area (Å²) in [6, 6.07) is 5.16. The molecule has 1 aromatic rings. The quantitative estimate of drug-likeness (QED) is 0.723. The van der Waals surface area contributed by atoms with Crippen LogP contribution in [0.3, 0.4) is 0 Å². The van der Waals surface area contributed by atoms with Gasteiger partial charge in [0.2, 0.25) is 0 Å². The molecule has 0 saturated heterocycles. The van der Waals surface area contributed by atoms with Crippen molar-refractivity contribution >= 4 is 17.5 Å².